The van der Waals surface area contributed by atoms with Gasteiger partial charge >= 0.3 is 11.7 Å². The number of anilines is 1. The van der Waals surface area contributed by atoms with E-state index in [1.54, 1.807) is 48.5 Å². The Labute approximate surface area is 179 Å². The lowest BCUT2D eigenvalue weighted by Gasteiger charge is -2.07. The number of para-hydroxylation sites is 1. The topological polar surface area (TPSA) is 103 Å². The van der Waals surface area contributed by atoms with Crippen LogP contribution < -0.4 is 5.32 Å². The second-order valence-electron chi connectivity index (χ2n) is 6.74. The molecule has 3 aromatic rings. The fourth-order valence-electron chi connectivity index (χ4n) is 2.95. The van der Waals surface area contributed by atoms with Crippen LogP contribution in [0.5, 0.6) is 0 Å². The minimum absolute atomic E-state index is 0.220. The Hall–Kier alpha value is -4.46. The molecular formula is C25H19N3O3. The molecule has 0 heterocycles. The predicted molar refractivity (Wildman–Crippen MR) is 118 cm³/mol. The zero-order valence-corrected chi connectivity index (χ0v) is 16.8. The van der Waals surface area contributed by atoms with Crippen molar-refractivity contribution >= 4 is 23.3 Å². The normalized spacial score (nSPS) is 9.71. The van der Waals surface area contributed by atoms with Crippen LogP contribution in [-0.4, -0.2) is 27.5 Å². The quantitative estimate of drug-likeness (QED) is 0.289. The number of aliphatic carboxylic acids is 1. The minimum Gasteiger partial charge on any atom is -0.472 e. The number of amides is 1. The maximum Gasteiger partial charge on any atom is 0.419 e. The van der Waals surface area contributed by atoms with Crippen LogP contribution in [0.15, 0.2) is 72.8 Å². The Morgan fingerprint density at radius 3 is 2.42 bits per heavy atom. The van der Waals surface area contributed by atoms with E-state index in [1.165, 1.54) is 0 Å². The van der Waals surface area contributed by atoms with Crippen molar-refractivity contribution in [3.63, 3.8) is 0 Å². The third-order valence-electron chi connectivity index (χ3n) is 4.64. The highest BCUT2D eigenvalue weighted by Gasteiger charge is 2.22. The molecule has 1 amide bonds. The number of hydrogen-bond donors (Lipinski definition) is 2. The molecule has 0 saturated carbocycles. The first-order valence-corrected chi connectivity index (χ1v) is 9.49. The number of carboxylic acid groups (broad SMARTS) is 1. The molecule has 3 rings (SSSR count). The van der Waals surface area contributed by atoms with Crippen molar-refractivity contribution < 1.29 is 19.5 Å². The van der Waals surface area contributed by atoms with Gasteiger partial charge in [0.05, 0.1) is 11.3 Å². The zero-order chi connectivity index (χ0) is 22.2. The van der Waals surface area contributed by atoms with E-state index in [-0.39, 0.29) is 5.91 Å². The largest absolute Gasteiger partial charge is 0.472 e. The number of carboxylic acids is 1. The average molecular weight is 409 g/mol. The lowest BCUT2D eigenvalue weighted by molar-refractivity contribution is -0.133. The highest BCUT2D eigenvalue weighted by Crippen LogP contribution is 2.16. The first kappa shape index (κ1) is 21.3. The number of hydrogen-bond acceptors (Lipinski definition) is 2. The summed E-state index contributed by atoms with van der Waals surface area (Å²) < 4.78 is 0. The van der Waals surface area contributed by atoms with Crippen LogP contribution in [-0.2, 0) is 11.2 Å². The van der Waals surface area contributed by atoms with Gasteiger partial charge in [0.2, 0.25) is 0 Å². The second kappa shape index (κ2) is 9.84. The standard InChI is InChI=1S/C25H19N3O3/c1-17-14-15-21(23(28-26)25(30)31)16-20(17)12-7-11-18-8-5-6-13-22(18)27-24(29)19-9-3-2-4-10-19/h2-6,8-10,13-16H,12H2,1H3,(H,27,29)(H,30,31). The van der Waals surface area contributed by atoms with Gasteiger partial charge in [-0.15, -0.1) is 0 Å². The molecule has 0 aromatic heterocycles. The Morgan fingerprint density at radius 1 is 1.00 bits per heavy atom. The first-order chi connectivity index (χ1) is 15.0. The van der Waals surface area contributed by atoms with E-state index in [0.717, 1.165) is 11.1 Å². The van der Waals surface area contributed by atoms with Gasteiger partial charge in [0.15, 0.2) is 0 Å². The summed E-state index contributed by atoms with van der Waals surface area (Å²) in [5.41, 5.74) is 12.4. The van der Waals surface area contributed by atoms with Crippen LogP contribution in [0.4, 0.5) is 5.69 Å². The van der Waals surface area contributed by atoms with E-state index in [4.69, 9.17) is 10.6 Å². The van der Waals surface area contributed by atoms with E-state index < -0.39 is 11.7 Å². The van der Waals surface area contributed by atoms with Crippen molar-refractivity contribution in [2.24, 2.45) is 0 Å². The highest BCUT2D eigenvalue weighted by atomic mass is 16.4. The number of nitrogens with zero attached hydrogens (tertiary/aromatic N) is 2. The number of rotatable bonds is 5. The maximum atomic E-state index is 12.5. The number of aryl methyl sites for hydroxylation is 1. The molecule has 6 heteroatoms. The molecule has 31 heavy (non-hydrogen) atoms. The van der Waals surface area contributed by atoms with Gasteiger partial charge in [-0.05, 0) is 54.4 Å². The monoisotopic (exact) mass is 409 g/mol. The maximum absolute atomic E-state index is 12.5. The van der Waals surface area contributed by atoms with E-state index >= 15 is 0 Å². The van der Waals surface area contributed by atoms with E-state index in [9.17, 15) is 9.59 Å². The molecule has 0 unspecified atom stereocenters. The average Bonchev–Trinajstić information content (AvgIpc) is 2.77. The molecule has 0 aliphatic carbocycles. The molecule has 0 atom stereocenters. The Balaban J connectivity index is 1.82. The van der Waals surface area contributed by atoms with Gasteiger partial charge in [0.1, 0.15) is 0 Å². The number of benzene rings is 3. The molecule has 0 fully saturated rings. The van der Waals surface area contributed by atoms with Crippen LogP contribution in [0.1, 0.15) is 32.6 Å². The summed E-state index contributed by atoms with van der Waals surface area (Å²) in [7, 11) is 0. The summed E-state index contributed by atoms with van der Waals surface area (Å²) in [5.74, 6) is 4.61. The summed E-state index contributed by atoms with van der Waals surface area (Å²) >= 11 is 0. The Bertz CT molecular complexity index is 1250. The van der Waals surface area contributed by atoms with Gasteiger partial charge in [-0.25, -0.2) is 4.79 Å². The predicted octanol–water partition coefficient (Wildman–Crippen LogP) is 3.95. The smallest absolute Gasteiger partial charge is 0.419 e. The molecule has 0 aliphatic rings. The van der Waals surface area contributed by atoms with Gasteiger partial charge in [-0.3, -0.25) is 4.79 Å². The fraction of sp³-hybridized carbons (Fsp3) is 0.0800. The van der Waals surface area contributed by atoms with Crippen LogP contribution >= 0.6 is 0 Å². The van der Waals surface area contributed by atoms with Gasteiger partial charge in [-0.2, -0.15) is 4.79 Å². The Morgan fingerprint density at radius 2 is 1.71 bits per heavy atom. The zero-order valence-electron chi connectivity index (χ0n) is 16.8. The molecule has 3 aromatic carbocycles. The third kappa shape index (κ3) is 5.33. The summed E-state index contributed by atoms with van der Waals surface area (Å²) in [4.78, 5) is 26.5. The summed E-state index contributed by atoms with van der Waals surface area (Å²) in [6.07, 6.45) is 0.360. The number of nitrogens with one attached hydrogen (secondary N) is 1. The van der Waals surface area contributed by atoms with E-state index in [1.807, 2.05) is 31.2 Å². The van der Waals surface area contributed by atoms with Crippen LogP contribution in [0.25, 0.3) is 5.53 Å². The Kier molecular flexibility index (Phi) is 6.74. The molecule has 0 saturated heterocycles. The summed E-state index contributed by atoms with van der Waals surface area (Å²) in [6.45, 7) is 1.89. The minimum atomic E-state index is -1.31. The van der Waals surface area contributed by atoms with Crippen LogP contribution in [0, 0.1) is 18.8 Å². The second-order valence-corrected chi connectivity index (χ2v) is 6.74. The SMILES string of the molecule is Cc1ccc(C(=[N+]=[N-])C(=O)O)cc1CC#Cc1ccccc1NC(=O)c1ccccc1. The van der Waals surface area contributed by atoms with Crippen molar-refractivity contribution in [2.45, 2.75) is 13.3 Å². The van der Waals surface area contributed by atoms with Crippen molar-refractivity contribution in [2.75, 3.05) is 5.32 Å². The van der Waals surface area contributed by atoms with Crippen molar-refractivity contribution in [1.29, 1.82) is 0 Å². The fourth-order valence-corrected chi connectivity index (χ4v) is 2.95. The number of carbonyl (C=O) groups excluding carboxylic acids is 1. The van der Waals surface area contributed by atoms with Crippen LogP contribution in [0.2, 0.25) is 0 Å². The lowest BCUT2D eigenvalue weighted by Crippen LogP contribution is -2.15. The number of carbonyl (C=O) groups is 2. The van der Waals surface area contributed by atoms with Crippen LogP contribution in [0.3, 0.4) is 0 Å². The summed E-state index contributed by atoms with van der Waals surface area (Å²) in [5, 5.41) is 12.0. The van der Waals surface area contributed by atoms with Gasteiger partial charge in [-0.1, -0.05) is 48.2 Å². The molecule has 152 valence electrons. The first-order valence-electron chi connectivity index (χ1n) is 9.49. The summed E-state index contributed by atoms with van der Waals surface area (Å²) in [6, 6.07) is 21.2. The molecule has 2 N–H and O–H groups in total. The van der Waals surface area contributed by atoms with Gasteiger partial charge in [0.25, 0.3) is 5.91 Å². The molecule has 0 spiro atoms. The molecular weight excluding hydrogens is 390 g/mol. The van der Waals surface area contributed by atoms with Crippen molar-refractivity contribution in [1.82, 2.24) is 0 Å². The van der Waals surface area contributed by atoms with Crippen molar-refractivity contribution in [3.05, 3.63) is 106 Å². The van der Waals surface area contributed by atoms with E-state index in [0.29, 0.717) is 28.8 Å². The highest BCUT2D eigenvalue weighted by molar-refractivity contribution is 6.40. The van der Waals surface area contributed by atoms with Crippen molar-refractivity contribution in [3.8, 4) is 11.8 Å². The molecule has 0 aliphatic heterocycles. The molecule has 6 nitrogen and oxygen atoms in total. The van der Waals surface area contributed by atoms with Gasteiger partial charge in [0, 0.05) is 17.5 Å². The molecule has 0 radical (unpaired) electrons. The lowest BCUT2D eigenvalue weighted by atomic mass is 10.00. The van der Waals surface area contributed by atoms with E-state index in [2.05, 4.69) is 21.9 Å². The third-order valence-corrected chi connectivity index (χ3v) is 4.64. The molecule has 0 bridgehead atoms. The van der Waals surface area contributed by atoms with Gasteiger partial charge < -0.3 is 16.0 Å².